The third kappa shape index (κ3) is 3.92. The zero-order valence-electron chi connectivity index (χ0n) is 12.0. The minimum atomic E-state index is -0.961. The van der Waals surface area contributed by atoms with Crippen LogP contribution in [0.2, 0.25) is 0 Å². The van der Waals surface area contributed by atoms with Crippen LogP contribution in [-0.2, 0) is 0 Å². The molecule has 0 fully saturated rings. The average Bonchev–Trinajstić information content (AvgIpc) is 2.47. The molecular weight excluding hydrogens is 270 g/mol. The Morgan fingerprint density at radius 3 is 2.90 bits per heavy atom. The molecule has 0 radical (unpaired) electrons. The first-order chi connectivity index (χ1) is 10.1. The third-order valence-corrected chi connectivity index (χ3v) is 2.81. The predicted octanol–water partition coefficient (Wildman–Crippen LogP) is 3.02. The van der Waals surface area contributed by atoms with Gasteiger partial charge in [-0.15, -0.1) is 0 Å². The summed E-state index contributed by atoms with van der Waals surface area (Å²) in [5.41, 5.74) is 1.57. The van der Waals surface area contributed by atoms with Crippen LogP contribution in [0.1, 0.15) is 29.3 Å². The van der Waals surface area contributed by atoms with E-state index >= 15 is 0 Å². The molecule has 0 bridgehead atoms. The van der Waals surface area contributed by atoms with Crippen LogP contribution in [-0.4, -0.2) is 27.7 Å². The molecular formula is C15H17N3O3. The van der Waals surface area contributed by atoms with Crippen LogP contribution in [0.15, 0.2) is 30.5 Å². The summed E-state index contributed by atoms with van der Waals surface area (Å²) in [7, 11) is 0. The number of nitrogens with one attached hydrogen (secondary N) is 1. The number of ether oxygens (including phenoxy) is 1. The van der Waals surface area contributed by atoms with Crippen LogP contribution in [0.3, 0.4) is 0 Å². The van der Waals surface area contributed by atoms with Crippen molar-refractivity contribution < 1.29 is 14.6 Å². The molecule has 1 aromatic heterocycles. The van der Waals surface area contributed by atoms with Crippen LogP contribution in [0, 0.1) is 6.92 Å². The van der Waals surface area contributed by atoms with Gasteiger partial charge in [0.25, 0.3) is 0 Å². The number of aromatic nitrogens is 2. The molecule has 2 rings (SSSR count). The molecule has 2 N–H and O–H groups in total. The SMILES string of the molecule is CCCOc1ccnc(Nc2ccc(C)c(C(=O)O)c2)n1. The van der Waals surface area contributed by atoms with E-state index in [1.807, 2.05) is 6.92 Å². The number of rotatable bonds is 6. The summed E-state index contributed by atoms with van der Waals surface area (Å²) in [6.45, 7) is 4.35. The highest BCUT2D eigenvalue weighted by Crippen LogP contribution is 2.19. The van der Waals surface area contributed by atoms with E-state index in [0.29, 0.717) is 29.7 Å². The number of nitrogens with zero attached hydrogens (tertiary/aromatic N) is 2. The Balaban J connectivity index is 2.18. The maximum absolute atomic E-state index is 11.1. The number of hydrogen-bond acceptors (Lipinski definition) is 5. The van der Waals surface area contributed by atoms with Crippen molar-refractivity contribution in [1.29, 1.82) is 0 Å². The van der Waals surface area contributed by atoms with E-state index in [4.69, 9.17) is 9.84 Å². The summed E-state index contributed by atoms with van der Waals surface area (Å²) >= 11 is 0. The summed E-state index contributed by atoms with van der Waals surface area (Å²) in [6.07, 6.45) is 2.49. The molecule has 0 aliphatic heterocycles. The minimum Gasteiger partial charge on any atom is -0.478 e. The molecule has 1 heterocycles. The van der Waals surface area contributed by atoms with Crippen molar-refractivity contribution in [1.82, 2.24) is 9.97 Å². The van der Waals surface area contributed by atoms with Gasteiger partial charge in [-0.25, -0.2) is 9.78 Å². The second kappa shape index (κ2) is 6.69. The topological polar surface area (TPSA) is 84.3 Å². The Morgan fingerprint density at radius 1 is 1.38 bits per heavy atom. The Hall–Kier alpha value is -2.63. The van der Waals surface area contributed by atoms with Crippen LogP contribution in [0.5, 0.6) is 5.88 Å². The lowest BCUT2D eigenvalue weighted by molar-refractivity contribution is 0.0696. The minimum absolute atomic E-state index is 0.249. The third-order valence-electron chi connectivity index (χ3n) is 2.81. The highest BCUT2D eigenvalue weighted by molar-refractivity contribution is 5.90. The number of carboxylic acids is 1. The molecule has 1 aromatic carbocycles. The number of aromatic carboxylic acids is 1. The second-order valence-electron chi connectivity index (χ2n) is 4.53. The second-order valence-corrected chi connectivity index (χ2v) is 4.53. The summed E-state index contributed by atoms with van der Waals surface area (Å²) in [5.74, 6) is -0.110. The van der Waals surface area contributed by atoms with Gasteiger partial charge in [0.05, 0.1) is 12.2 Å². The van der Waals surface area contributed by atoms with E-state index in [9.17, 15) is 4.79 Å². The van der Waals surface area contributed by atoms with Gasteiger partial charge in [-0.05, 0) is 31.0 Å². The molecule has 0 spiro atoms. The molecule has 0 saturated heterocycles. The lowest BCUT2D eigenvalue weighted by Gasteiger charge is -2.09. The average molecular weight is 287 g/mol. The predicted molar refractivity (Wildman–Crippen MR) is 79.2 cm³/mol. The monoisotopic (exact) mass is 287 g/mol. The molecule has 21 heavy (non-hydrogen) atoms. The maximum atomic E-state index is 11.1. The summed E-state index contributed by atoms with van der Waals surface area (Å²) in [5, 5.41) is 12.1. The van der Waals surface area contributed by atoms with E-state index in [2.05, 4.69) is 15.3 Å². The summed E-state index contributed by atoms with van der Waals surface area (Å²) in [4.78, 5) is 19.4. The van der Waals surface area contributed by atoms with Gasteiger partial charge < -0.3 is 15.2 Å². The van der Waals surface area contributed by atoms with Gasteiger partial charge in [0.2, 0.25) is 11.8 Å². The highest BCUT2D eigenvalue weighted by atomic mass is 16.5. The van der Waals surface area contributed by atoms with Crippen LogP contribution in [0.25, 0.3) is 0 Å². The molecule has 6 heteroatoms. The quantitative estimate of drug-likeness (QED) is 0.849. The Morgan fingerprint density at radius 2 is 2.19 bits per heavy atom. The van der Waals surface area contributed by atoms with Gasteiger partial charge in [0, 0.05) is 18.0 Å². The van der Waals surface area contributed by atoms with Crippen LogP contribution in [0.4, 0.5) is 11.6 Å². The number of carbonyl (C=O) groups is 1. The lowest BCUT2D eigenvalue weighted by atomic mass is 10.1. The van der Waals surface area contributed by atoms with Crippen molar-refractivity contribution in [3.63, 3.8) is 0 Å². The number of aryl methyl sites for hydroxylation is 1. The fraction of sp³-hybridized carbons (Fsp3) is 0.267. The number of hydrogen-bond donors (Lipinski definition) is 2. The van der Waals surface area contributed by atoms with E-state index in [1.54, 1.807) is 37.4 Å². The van der Waals surface area contributed by atoms with E-state index in [-0.39, 0.29) is 5.56 Å². The summed E-state index contributed by atoms with van der Waals surface area (Å²) < 4.78 is 5.43. The van der Waals surface area contributed by atoms with E-state index < -0.39 is 5.97 Å². The molecule has 110 valence electrons. The first-order valence-corrected chi connectivity index (χ1v) is 6.67. The van der Waals surface area contributed by atoms with Crippen LogP contribution < -0.4 is 10.1 Å². The standard InChI is InChI=1S/C15H17N3O3/c1-3-8-21-13-6-7-16-15(18-13)17-11-5-4-10(2)12(9-11)14(19)20/h4-7,9H,3,8H2,1-2H3,(H,19,20)(H,16,17,18). The van der Waals surface area contributed by atoms with Gasteiger partial charge >= 0.3 is 5.97 Å². The van der Waals surface area contributed by atoms with Crippen molar-refractivity contribution in [2.45, 2.75) is 20.3 Å². The molecule has 0 aliphatic carbocycles. The maximum Gasteiger partial charge on any atom is 0.336 e. The van der Waals surface area contributed by atoms with Gasteiger partial charge in [-0.3, -0.25) is 0 Å². The van der Waals surface area contributed by atoms with Crippen molar-refractivity contribution in [3.05, 3.63) is 41.6 Å². The Bertz CT molecular complexity index is 644. The summed E-state index contributed by atoms with van der Waals surface area (Å²) in [6, 6.07) is 6.76. The number of anilines is 2. The molecule has 2 aromatic rings. The number of benzene rings is 1. The van der Waals surface area contributed by atoms with Gasteiger partial charge in [-0.1, -0.05) is 13.0 Å². The highest BCUT2D eigenvalue weighted by Gasteiger charge is 2.08. The van der Waals surface area contributed by atoms with Crippen molar-refractivity contribution in [3.8, 4) is 5.88 Å². The van der Waals surface area contributed by atoms with Crippen molar-refractivity contribution >= 4 is 17.6 Å². The van der Waals surface area contributed by atoms with Gasteiger partial charge in [-0.2, -0.15) is 4.98 Å². The molecule has 0 unspecified atom stereocenters. The zero-order valence-corrected chi connectivity index (χ0v) is 12.0. The van der Waals surface area contributed by atoms with Crippen LogP contribution >= 0.6 is 0 Å². The number of carboxylic acid groups (broad SMARTS) is 1. The Labute approximate surface area is 122 Å². The Kier molecular flexibility index (Phi) is 4.71. The zero-order chi connectivity index (χ0) is 15.2. The van der Waals surface area contributed by atoms with E-state index in [1.165, 1.54) is 0 Å². The molecule has 0 saturated carbocycles. The van der Waals surface area contributed by atoms with Gasteiger partial charge in [0.15, 0.2) is 0 Å². The fourth-order valence-corrected chi connectivity index (χ4v) is 1.75. The normalized spacial score (nSPS) is 10.2. The first kappa shape index (κ1) is 14.8. The lowest BCUT2D eigenvalue weighted by Crippen LogP contribution is -2.04. The largest absolute Gasteiger partial charge is 0.478 e. The smallest absolute Gasteiger partial charge is 0.336 e. The van der Waals surface area contributed by atoms with Crippen molar-refractivity contribution in [2.75, 3.05) is 11.9 Å². The first-order valence-electron chi connectivity index (χ1n) is 6.67. The molecule has 0 aliphatic rings. The molecule has 6 nitrogen and oxygen atoms in total. The van der Waals surface area contributed by atoms with Crippen molar-refractivity contribution in [2.24, 2.45) is 0 Å². The molecule has 0 amide bonds. The van der Waals surface area contributed by atoms with Gasteiger partial charge in [0.1, 0.15) is 0 Å². The molecule has 0 atom stereocenters. The fourth-order valence-electron chi connectivity index (χ4n) is 1.75. The van der Waals surface area contributed by atoms with E-state index in [0.717, 1.165) is 6.42 Å².